The highest BCUT2D eigenvalue weighted by molar-refractivity contribution is 7.99. The molecule has 3 amide bonds. The van der Waals surface area contributed by atoms with Crippen molar-refractivity contribution >= 4 is 29.7 Å². The Bertz CT molecular complexity index is 1250. The monoisotopic (exact) mass is 642 g/mol. The van der Waals surface area contributed by atoms with E-state index in [-0.39, 0.29) is 23.6 Å². The van der Waals surface area contributed by atoms with Crippen molar-refractivity contribution in [2.75, 3.05) is 13.1 Å². The van der Waals surface area contributed by atoms with Gasteiger partial charge in [0.15, 0.2) is 5.16 Å². The Kier molecular flexibility index (Phi) is 12.8. The molecule has 0 unspecified atom stereocenters. The predicted molar refractivity (Wildman–Crippen MR) is 176 cm³/mol. The summed E-state index contributed by atoms with van der Waals surface area (Å²) in [4.78, 5) is 50.3. The molecule has 1 fully saturated rings. The first-order valence-corrected chi connectivity index (χ1v) is 16.4. The summed E-state index contributed by atoms with van der Waals surface area (Å²) in [5, 5.41) is 21.2. The van der Waals surface area contributed by atoms with Crippen LogP contribution in [0.2, 0.25) is 0 Å². The summed E-state index contributed by atoms with van der Waals surface area (Å²) in [6.45, 7) is 15.4. The van der Waals surface area contributed by atoms with Crippen LogP contribution >= 0.6 is 11.8 Å². The summed E-state index contributed by atoms with van der Waals surface area (Å²) in [6.07, 6.45) is 2.58. The Morgan fingerprint density at radius 3 is 2.24 bits per heavy atom. The van der Waals surface area contributed by atoms with Gasteiger partial charge in [-0.15, -0.1) is 0 Å². The average molecular weight is 643 g/mol. The number of amides is 3. The summed E-state index contributed by atoms with van der Waals surface area (Å²) < 4.78 is 5.39. The number of nitrogens with one attached hydrogen (secondary N) is 3. The lowest BCUT2D eigenvalue weighted by Crippen LogP contribution is -2.58. The Morgan fingerprint density at radius 2 is 1.67 bits per heavy atom. The first-order valence-electron chi connectivity index (χ1n) is 15.5. The molecule has 0 saturated carbocycles. The molecule has 3 rings (SSSR count). The van der Waals surface area contributed by atoms with Crippen molar-refractivity contribution in [1.29, 1.82) is 0 Å². The molecular weight excluding hydrogens is 592 g/mol. The highest BCUT2D eigenvalue weighted by atomic mass is 32.2. The molecule has 5 atom stereocenters. The third-order valence-electron chi connectivity index (χ3n) is 7.11. The van der Waals surface area contributed by atoms with E-state index in [2.05, 4.69) is 25.9 Å². The molecule has 1 aromatic heterocycles. The molecule has 2 aromatic rings. The second-order valence-corrected chi connectivity index (χ2v) is 15.2. The number of aromatic nitrogens is 2. The fraction of sp³-hybridized carbons (Fsp3) is 0.606. The molecule has 45 heavy (non-hydrogen) atoms. The molecule has 0 radical (unpaired) electrons. The van der Waals surface area contributed by atoms with Gasteiger partial charge in [-0.25, -0.2) is 14.8 Å². The number of alkyl carbamates (subject to hydrolysis) is 1. The first kappa shape index (κ1) is 36.3. The topological polar surface area (TPSA) is 146 Å². The number of rotatable bonds is 12. The van der Waals surface area contributed by atoms with Gasteiger partial charge >= 0.3 is 6.09 Å². The van der Waals surface area contributed by atoms with Crippen LogP contribution in [0.5, 0.6) is 0 Å². The van der Waals surface area contributed by atoms with Gasteiger partial charge in [-0.05, 0) is 71.9 Å². The zero-order valence-electron chi connectivity index (χ0n) is 27.7. The zero-order valence-corrected chi connectivity index (χ0v) is 28.6. The Hall–Kier alpha value is -3.22. The van der Waals surface area contributed by atoms with Crippen molar-refractivity contribution in [3.05, 3.63) is 54.4 Å². The van der Waals surface area contributed by atoms with Gasteiger partial charge in [-0.2, -0.15) is 0 Å². The molecule has 11 nitrogen and oxygen atoms in total. The second kappa shape index (κ2) is 15.9. The van der Waals surface area contributed by atoms with Crippen LogP contribution in [-0.4, -0.2) is 91.6 Å². The smallest absolute Gasteiger partial charge is 0.408 e. The van der Waals surface area contributed by atoms with Gasteiger partial charge in [0.1, 0.15) is 11.6 Å². The fourth-order valence-electron chi connectivity index (χ4n) is 5.13. The molecule has 0 aliphatic carbocycles. The fourth-order valence-corrected chi connectivity index (χ4v) is 6.22. The van der Waals surface area contributed by atoms with Gasteiger partial charge in [0, 0.05) is 36.3 Å². The van der Waals surface area contributed by atoms with Crippen molar-refractivity contribution in [2.24, 2.45) is 5.92 Å². The van der Waals surface area contributed by atoms with Crippen LogP contribution in [0.1, 0.15) is 67.4 Å². The number of carbonyl (C=O) groups is 3. The SMILES string of the molecule is CC(C)[C@H](NC(=O)OC(C)(C)C)C(=O)N[C@@H](Cc1ccccc1)[C@H](O)CN1C[C@H](Sc2ncccn2)C[C@H]1C(=O)NC(C)(C)C. The van der Waals surface area contributed by atoms with Crippen LogP contribution in [0.15, 0.2) is 53.9 Å². The third-order valence-corrected chi connectivity index (χ3v) is 8.21. The molecule has 12 heteroatoms. The summed E-state index contributed by atoms with van der Waals surface area (Å²) in [6, 6.07) is 9.29. The summed E-state index contributed by atoms with van der Waals surface area (Å²) >= 11 is 1.51. The van der Waals surface area contributed by atoms with E-state index in [0.29, 0.717) is 24.5 Å². The number of likely N-dealkylation sites (tertiary alicyclic amines) is 1. The maximum atomic E-state index is 13.6. The van der Waals surface area contributed by atoms with Gasteiger partial charge < -0.3 is 25.8 Å². The van der Waals surface area contributed by atoms with Crippen LogP contribution in [-0.2, 0) is 20.7 Å². The number of thioether (sulfide) groups is 1. The lowest BCUT2D eigenvalue weighted by Gasteiger charge is -2.33. The molecule has 248 valence electrons. The summed E-state index contributed by atoms with van der Waals surface area (Å²) in [7, 11) is 0. The molecule has 4 N–H and O–H groups in total. The van der Waals surface area contributed by atoms with E-state index < -0.39 is 47.4 Å². The summed E-state index contributed by atoms with van der Waals surface area (Å²) in [5.41, 5.74) is -0.213. The number of hydrogen-bond donors (Lipinski definition) is 4. The number of aliphatic hydroxyl groups is 1. The zero-order chi connectivity index (χ0) is 33.4. The van der Waals surface area contributed by atoms with Gasteiger partial charge in [0.05, 0.1) is 18.2 Å². The predicted octanol–water partition coefficient (Wildman–Crippen LogP) is 3.56. The summed E-state index contributed by atoms with van der Waals surface area (Å²) in [5.74, 6) is -0.778. The van der Waals surface area contributed by atoms with Crippen LogP contribution in [0.25, 0.3) is 0 Å². The number of aliphatic hydroxyl groups excluding tert-OH is 1. The van der Waals surface area contributed by atoms with Crippen molar-refractivity contribution in [3.8, 4) is 0 Å². The number of β-amino-alcohol motifs (C(OH)–C–C–N with tert-alkyl or cyclic N) is 1. The molecule has 0 spiro atoms. The number of ether oxygens (including phenoxy) is 1. The Morgan fingerprint density at radius 1 is 1.02 bits per heavy atom. The van der Waals surface area contributed by atoms with Gasteiger partial charge in [0.25, 0.3) is 0 Å². The maximum Gasteiger partial charge on any atom is 0.408 e. The lowest BCUT2D eigenvalue weighted by atomic mass is 9.98. The van der Waals surface area contributed by atoms with Gasteiger partial charge in [-0.1, -0.05) is 55.9 Å². The minimum Gasteiger partial charge on any atom is -0.444 e. The minimum absolute atomic E-state index is 0.0285. The minimum atomic E-state index is -1.02. The number of hydrogen-bond acceptors (Lipinski definition) is 9. The van der Waals surface area contributed by atoms with E-state index in [1.54, 1.807) is 39.2 Å². The Labute approximate surface area is 271 Å². The van der Waals surface area contributed by atoms with Crippen molar-refractivity contribution in [1.82, 2.24) is 30.8 Å². The van der Waals surface area contributed by atoms with Crippen molar-refractivity contribution < 1.29 is 24.2 Å². The molecule has 1 saturated heterocycles. The van der Waals surface area contributed by atoms with Gasteiger partial charge in [0.2, 0.25) is 11.8 Å². The van der Waals surface area contributed by atoms with Crippen molar-refractivity contribution in [3.63, 3.8) is 0 Å². The number of nitrogens with zero attached hydrogens (tertiary/aromatic N) is 3. The highest BCUT2D eigenvalue weighted by Gasteiger charge is 2.41. The molecule has 1 aliphatic heterocycles. The highest BCUT2D eigenvalue weighted by Crippen LogP contribution is 2.32. The van der Waals surface area contributed by atoms with Crippen molar-refractivity contribution in [2.45, 2.75) is 114 Å². The number of carbonyl (C=O) groups excluding carboxylic acids is 3. The molecule has 1 aromatic carbocycles. The number of benzene rings is 1. The van der Waals surface area contributed by atoms with Crippen LogP contribution in [0, 0.1) is 5.92 Å². The van der Waals surface area contributed by atoms with E-state index in [1.807, 2.05) is 69.9 Å². The molecular formula is C33H50N6O5S. The van der Waals surface area contributed by atoms with E-state index in [4.69, 9.17) is 4.74 Å². The second-order valence-electron chi connectivity index (χ2n) is 14.0. The third kappa shape index (κ3) is 12.2. The van der Waals surface area contributed by atoms with E-state index in [0.717, 1.165) is 5.56 Å². The normalized spacial score (nSPS) is 19.4. The standard InChI is InChI=1S/C33H50N6O5S/c1-21(2)27(37-31(43)44-33(6,7)8)29(42)36-24(17-22-13-10-9-11-14-22)26(40)20-39-19-23(45-30-34-15-12-16-35-30)18-25(39)28(41)38-32(3,4)5/h9-16,21,23-27,40H,17-20H2,1-8H3,(H,36,42)(H,37,43)(H,38,41)/t23-,24+,25+,26-,27+/m1/s1. The Balaban J connectivity index is 1.82. The first-order chi connectivity index (χ1) is 21.0. The average Bonchev–Trinajstić information content (AvgIpc) is 3.32. The van der Waals surface area contributed by atoms with Gasteiger partial charge in [-0.3, -0.25) is 14.5 Å². The molecule has 1 aliphatic rings. The molecule has 2 heterocycles. The lowest BCUT2D eigenvalue weighted by molar-refractivity contribution is -0.128. The van der Waals surface area contributed by atoms with E-state index in [1.165, 1.54) is 11.8 Å². The van der Waals surface area contributed by atoms with Crippen LogP contribution in [0.4, 0.5) is 4.79 Å². The van der Waals surface area contributed by atoms with Crippen LogP contribution < -0.4 is 16.0 Å². The largest absolute Gasteiger partial charge is 0.444 e. The quantitative estimate of drug-likeness (QED) is 0.255. The van der Waals surface area contributed by atoms with Crippen LogP contribution in [0.3, 0.4) is 0 Å². The molecule has 0 bridgehead atoms. The van der Waals surface area contributed by atoms with E-state index >= 15 is 0 Å². The maximum absolute atomic E-state index is 13.6. The van der Waals surface area contributed by atoms with E-state index in [9.17, 15) is 19.5 Å².